The molecule has 2 aromatic rings. The van der Waals surface area contributed by atoms with Crippen LogP contribution in [0.2, 0.25) is 5.02 Å². The Morgan fingerprint density at radius 3 is 2.62 bits per heavy atom. The summed E-state index contributed by atoms with van der Waals surface area (Å²) in [6.07, 6.45) is 7.25. The van der Waals surface area contributed by atoms with Gasteiger partial charge in [0.05, 0.1) is 16.7 Å². The average molecular weight is 483 g/mol. The zero-order valence-electron chi connectivity index (χ0n) is 19.5. The molecule has 2 aromatic carbocycles. The second-order valence-corrected chi connectivity index (χ2v) is 9.80. The van der Waals surface area contributed by atoms with Crippen molar-refractivity contribution in [3.8, 4) is 6.07 Å². The Hall–Kier alpha value is -2.62. The molecule has 2 amide bonds. The summed E-state index contributed by atoms with van der Waals surface area (Å²) in [6, 6.07) is 14.4. The number of hydrogen-bond acceptors (Lipinski definition) is 3. The van der Waals surface area contributed by atoms with Crippen LogP contribution in [0.4, 0.5) is 14.9 Å². The van der Waals surface area contributed by atoms with Gasteiger partial charge in [-0.05, 0) is 106 Å². The number of hydrogen-bond donors (Lipinski definition) is 1. The lowest BCUT2D eigenvalue weighted by Crippen LogP contribution is -2.45. The van der Waals surface area contributed by atoms with Crippen LogP contribution in [0.3, 0.4) is 0 Å². The van der Waals surface area contributed by atoms with Crippen LogP contribution in [0.15, 0.2) is 42.5 Å². The minimum atomic E-state index is -0.499. The predicted molar refractivity (Wildman–Crippen MR) is 134 cm³/mol. The van der Waals surface area contributed by atoms with Gasteiger partial charge in [0.2, 0.25) is 0 Å². The molecule has 180 valence electrons. The van der Waals surface area contributed by atoms with Crippen LogP contribution < -0.4 is 5.32 Å². The number of anilines is 1. The number of likely N-dealkylation sites (tertiary alicyclic amines) is 1. The fraction of sp³-hybridized carbons (Fsp3) is 0.481. The summed E-state index contributed by atoms with van der Waals surface area (Å²) in [6.45, 7) is 3.99. The third-order valence-electron chi connectivity index (χ3n) is 7.13. The molecule has 0 aromatic heterocycles. The number of nitriles is 1. The van der Waals surface area contributed by atoms with E-state index in [0.29, 0.717) is 23.7 Å². The monoisotopic (exact) mass is 482 g/mol. The van der Waals surface area contributed by atoms with Gasteiger partial charge in [0.1, 0.15) is 5.82 Å². The lowest BCUT2D eigenvalue weighted by molar-refractivity contribution is 0.157. The summed E-state index contributed by atoms with van der Waals surface area (Å²) < 4.78 is 13.5. The van der Waals surface area contributed by atoms with Gasteiger partial charge in [0.25, 0.3) is 0 Å². The van der Waals surface area contributed by atoms with Crippen molar-refractivity contribution in [1.29, 1.82) is 5.26 Å². The van der Waals surface area contributed by atoms with Crippen LogP contribution in [0.25, 0.3) is 0 Å². The maximum absolute atomic E-state index is 13.5. The first kappa shape index (κ1) is 24.5. The summed E-state index contributed by atoms with van der Waals surface area (Å²) in [5, 5.41) is 12.1. The van der Waals surface area contributed by atoms with Crippen molar-refractivity contribution < 1.29 is 9.18 Å². The number of carbonyl (C=O) groups excluding carboxylic acids is 1. The molecule has 1 N–H and O–H groups in total. The van der Waals surface area contributed by atoms with Gasteiger partial charge < -0.3 is 15.1 Å². The Kier molecular flexibility index (Phi) is 8.42. The predicted octanol–water partition coefficient (Wildman–Crippen LogP) is 6.40. The third-order valence-corrected chi connectivity index (χ3v) is 7.42. The Bertz CT molecular complexity index is 1030. The quantitative estimate of drug-likeness (QED) is 0.497. The first-order valence-corrected chi connectivity index (χ1v) is 12.7. The smallest absolute Gasteiger partial charge is 0.322 e. The minimum Gasteiger partial charge on any atom is -0.322 e. The maximum Gasteiger partial charge on any atom is 0.322 e. The Morgan fingerprint density at radius 2 is 1.91 bits per heavy atom. The second kappa shape index (κ2) is 11.7. The molecule has 4 rings (SSSR count). The molecule has 0 spiro atoms. The normalized spacial score (nSPS) is 20.6. The summed E-state index contributed by atoms with van der Waals surface area (Å²) in [4.78, 5) is 17.7. The van der Waals surface area contributed by atoms with E-state index >= 15 is 0 Å². The van der Waals surface area contributed by atoms with E-state index in [9.17, 15) is 14.4 Å². The van der Waals surface area contributed by atoms with Gasteiger partial charge in [-0.2, -0.15) is 5.26 Å². The number of nitrogens with zero attached hydrogens (tertiary/aromatic N) is 3. The lowest BCUT2D eigenvalue weighted by Gasteiger charge is -2.37. The first-order chi connectivity index (χ1) is 16.5. The molecule has 2 fully saturated rings. The summed E-state index contributed by atoms with van der Waals surface area (Å²) in [5.74, 6) is -0.0871. The number of rotatable bonds is 7. The van der Waals surface area contributed by atoms with E-state index in [1.165, 1.54) is 30.5 Å². The Labute approximate surface area is 206 Å². The average Bonchev–Trinajstić information content (AvgIpc) is 3.38. The van der Waals surface area contributed by atoms with Gasteiger partial charge in [-0.25, -0.2) is 9.18 Å². The van der Waals surface area contributed by atoms with Gasteiger partial charge in [-0.1, -0.05) is 23.7 Å². The highest BCUT2D eigenvalue weighted by molar-refractivity contribution is 6.31. The van der Waals surface area contributed by atoms with Crippen molar-refractivity contribution in [1.82, 2.24) is 9.80 Å². The van der Waals surface area contributed by atoms with E-state index in [4.69, 9.17) is 11.6 Å². The molecule has 0 radical (unpaired) electrons. The molecule has 1 aliphatic heterocycles. The van der Waals surface area contributed by atoms with Gasteiger partial charge >= 0.3 is 6.03 Å². The van der Waals surface area contributed by atoms with Crippen LogP contribution >= 0.6 is 11.6 Å². The number of halogens is 2. The van der Waals surface area contributed by atoms with Crippen LogP contribution in [-0.2, 0) is 0 Å². The van der Waals surface area contributed by atoms with E-state index in [0.717, 1.165) is 51.7 Å². The van der Waals surface area contributed by atoms with Crippen molar-refractivity contribution in [3.05, 3.63) is 64.4 Å². The molecule has 5 nitrogen and oxygen atoms in total. The molecule has 0 unspecified atom stereocenters. The molecule has 7 heteroatoms. The molecule has 34 heavy (non-hydrogen) atoms. The summed E-state index contributed by atoms with van der Waals surface area (Å²) in [7, 11) is 0. The maximum atomic E-state index is 13.5. The standard InChI is InChI=1S/C27H32ClFN4O/c28-25-18-23(9-12-26(25)29)31-27(34)33(16-4-15-32-13-1-2-14-32)24-10-7-21(8-11-24)22-6-3-5-20(17-22)19-30/h3,5-6,9,12,17-18,21,24H,1-2,4,7-8,10-11,13-16H2,(H,31,34)/t21-,24+. The van der Waals surface area contributed by atoms with Gasteiger partial charge in [0.15, 0.2) is 0 Å². The van der Waals surface area contributed by atoms with Crippen molar-refractivity contribution in [3.63, 3.8) is 0 Å². The van der Waals surface area contributed by atoms with Crippen molar-refractivity contribution in [2.45, 2.75) is 56.9 Å². The zero-order chi connectivity index (χ0) is 23.9. The fourth-order valence-corrected chi connectivity index (χ4v) is 5.45. The van der Waals surface area contributed by atoms with E-state index in [-0.39, 0.29) is 17.1 Å². The van der Waals surface area contributed by atoms with E-state index < -0.39 is 5.82 Å². The molecule has 2 aliphatic rings. The molecule has 0 atom stereocenters. The highest BCUT2D eigenvalue weighted by atomic mass is 35.5. The molecular formula is C27H32ClFN4O. The van der Waals surface area contributed by atoms with E-state index in [1.54, 1.807) is 6.07 Å². The summed E-state index contributed by atoms with van der Waals surface area (Å²) >= 11 is 5.91. The van der Waals surface area contributed by atoms with Crippen LogP contribution in [0, 0.1) is 17.1 Å². The zero-order valence-corrected chi connectivity index (χ0v) is 20.2. The number of benzene rings is 2. The third kappa shape index (κ3) is 6.28. The van der Waals surface area contributed by atoms with Gasteiger partial charge in [-0.3, -0.25) is 0 Å². The van der Waals surface area contributed by atoms with Crippen molar-refractivity contribution in [2.75, 3.05) is 31.5 Å². The highest BCUT2D eigenvalue weighted by Gasteiger charge is 2.30. The Morgan fingerprint density at radius 1 is 1.15 bits per heavy atom. The molecular weight excluding hydrogens is 451 g/mol. The number of amides is 2. The molecule has 1 heterocycles. The molecule has 1 saturated carbocycles. The molecule has 1 aliphatic carbocycles. The largest absolute Gasteiger partial charge is 0.322 e. The van der Waals surface area contributed by atoms with Gasteiger partial charge in [0, 0.05) is 18.3 Å². The van der Waals surface area contributed by atoms with Crippen molar-refractivity contribution in [2.24, 2.45) is 0 Å². The summed E-state index contributed by atoms with van der Waals surface area (Å²) in [5.41, 5.74) is 2.41. The first-order valence-electron chi connectivity index (χ1n) is 12.3. The van der Waals surface area contributed by atoms with Crippen LogP contribution in [-0.4, -0.2) is 48.1 Å². The topological polar surface area (TPSA) is 59.4 Å². The van der Waals surface area contributed by atoms with E-state index in [1.807, 2.05) is 23.1 Å². The minimum absolute atomic E-state index is 0.00140. The fourth-order valence-electron chi connectivity index (χ4n) is 5.27. The number of urea groups is 1. The molecule has 1 saturated heterocycles. The highest BCUT2D eigenvalue weighted by Crippen LogP contribution is 2.35. The number of carbonyl (C=O) groups is 1. The van der Waals surface area contributed by atoms with E-state index in [2.05, 4.69) is 22.4 Å². The van der Waals surface area contributed by atoms with Crippen LogP contribution in [0.1, 0.15) is 62.0 Å². The van der Waals surface area contributed by atoms with Gasteiger partial charge in [-0.15, -0.1) is 0 Å². The lowest BCUT2D eigenvalue weighted by atomic mass is 9.81. The SMILES string of the molecule is N#Cc1cccc([C@H]2CC[C@@H](N(CCCN3CCCC3)C(=O)Nc3ccc(F)c(Cl)c3)CC2)c1. The Balaban J connectivity index is 1.40. The second-order valence-electron chi connectivity index (χ2n) is 9.40. The number of nitrogens with one attached hydrogen (secondary N) is 1. The molecule has 0 bridgehead atoms. The van der Waals surface area contributed by atoms with Crippen molar-refractivity contribution >= 4 is 23.3 Å². The van der Waals surface area contributed by atoms with Crippen LogP contribution in [0.5, 0.6) is 0 Å².